The molecule has 0 fully saturated rings. The molecule has 20 heavy (non-hydrogen) atoms. The molecule has 1 aromatic carbocycles. The topological polar surface area (TPSA) is 28.2 Å². The third-order valence-corrected chi connectivity index (χ3v) is 4.29. The Balaban J connectivity index is 2.05. The van der Waals surface area contributed by atoms with E-state index in [-0.39, 0.29) is 0 Å². The van der Waals surface area contributed by atoms with Crippen LogP contribution in [0.25, 0.3) is 0 Å². The minimum Gasteiger partial charge on any atom is -0.368 e. The van der Waals surface area contributed by atoms with E-state index in [0.717, 1.165) is 23.3 Å². The highest BCUT2D eigenvalue weighted by atomic mass is 79.9. The lowest BCUT2D eigenvalue weighted by Gasteiger charge is -2.20. The van der Waals surface area contributed by atoms with Crippen LogP contribution in [0.15, 0.2) is 33.6 Å². The Labute approximate surface area is 133 Å². The van der Waals surface area contributed by atoms with Gasteiger partial charge in [-0.1, -0.05) is 19.9 Å². The van der Waals surface area contributed by atoms with E-state index in [2.05, 4.69) is 75.6 Å². The summed E-state index contributed by atoms with van der Waals surface area (Å²) in [6.45, 7) is 6.04. The maximum absolute atomic E-state index is 4.33. The normalized spacial score (nSPS) is 11.1. The van der Waals surface area contributed by atoms with Gasteiger partial charge >= 0.3 is 0 Å². The zero-order valence-electron chi connectivity index (χ0n) is 12.1. The van der Waals surface area contributed by atoms with Crippen molar-refractivity contribution < 1.29 is 0 Å². The molecular formula is C15H20BrN3S. The van der Waals surface area contributed by atoms with Crippen LogP contribution >= 0.6 is 27.3 Å². The van der Waals surface area contributed by atoms with E-state index >= 15 is 0 Å². The van der Waals surface area contributed by atoms with Crippen molar-refractivity contribution in [3.8, 4) is 0 Å². The molecule has 0 radical (unpaired) electrons. The molecule has 0 saturated carbocycles. The average Bonchev–Trinajstić information content (AvgIpc) is 2.89. The molecule has 0 bridgehead atoms. The first-order valence-electron chi connectivity index (χ1n) is 6.66. The van der Waals surface area contributed by atoms with Crippen molar-refractivity contribution >= 4 is 33.0 Å². The van der Waals surface area contributed by atoms with E-state index in [1.165, 1.54) is 11.3 Å². The molecule has 1 N–H and O–H groups in total. The molecule has 0 spiro atoms. The van der Waals surface area contributed by atoms with Crippen LogP contribution in [0.2, 0.25) is 0 Å². The number of rotatable bonds is 6. The fraction of sp³-hybridized carbons (Fsp3) is 0.400. The van der Waals surface area contributed by atoms with Gasteiger partial charge in [-0.05, 0) is 33.6 Å². The first kappa shape index (κ1) is 15.5. The van der Waals surface area contributed by atoms with E-state index in [4.69, 9.17) is 0 Å². The highest BCUT2D eigenvalue weighted by molar-refractivity contribution is 9.10. The molecule has 0 aliphatic carbocycles. The van der Waals surface area contributed by atoms with Gasteiger partial charge in [0, 0.05) is 29.5 Å². The lowest BCUT2D eigenvalue weighted by molar-refractivity contribution is 0.589. The summed E-state index contributed by atoms with van der Waals surface area (Å²) in [4.78, 5) is 6.54. The lowest BCUT2D eigenvalue weighted by atomic mass is 10.2. The van der Waals surface area contributed by atoms with Gasteiger partial charge in [0.05, 0.1) is 23.4 Å². The van der Waals surface area contributed by atoms with E-state index in [1.54, 1.807) is 11.3 Å². The molecule has 0 unspecified atom stereocenters. The van der Waals surface area contributed by atoms with Crippen LogP contribution in [-0.2, 0) is 13.1 Å². The number of anilines is 1. The second-order valence-electron chi connectivity index (χ2n) is 5.16. The zero-order valence-corrected chi connectivity index (χ0v) is 14.5. The number of hydrogen-bond acceptors (Lipinski definition) is 4. The summed E-state index contributed by atoms with van der Waals surface area (Å²) >= 11 is 5.31. The number of benzene rings is 1. The Bertz CT molecular complexity index is 540. The highest BCUT2D eigenvalue weighted by Gasteiger charge is 2.08. The largest absolute Gasteiger partial charge is 0.368 e. The number of nitrogens with zero attached hydrogens (tertiary/aromatic N) is 2. The number of halogens is 1. The van der Waals surface area contributed by atoms with Crippen LogP contribution in [0.1, 0.15) is 25.1 Å². The van der Waals surface area contributed by atoms with E-state index in [9.17, 15) is 0 Å². The standard InChI is InChI=1S/C15H20BrN3S/c1-11(2)17-7-12-4-5-15(14(16)6-12)19(3)8-13-9-20-10-18-13/h4-6,9-11,17H,7-8H2,1-3H3. The van der Waals surface area contributed by atoms with Gasteiger partial charge in [0.15, 0.2) is 0 Å². The Kier molecular flexibility index (Phi) is 5.57. The van der Waals surface area contributed by atoms with Crippen molar-refractivity contribution in [1.29, 1.82) is 0 Å². The molecule has 1 heterocycles. The highest BCUT2D eigenvalue weighted by Crippen LogP contribution is 2.27. The average molecular weight is 354 g/mol. The van der Waals surface area contributed by atoms with Crippen LogP contribution in [0.3, 0.4) is 0 Å². The van der Waals surface area contributed by atoms with Gasteiger partial charge in [-0.3, -0.25) is 0 Å². The third-order valence-electron chi connectivity index (χ3n) is 3.02. The fourth-order valence-electron chi connectivity index (χ4n) is 1.94. The van der Waals surface area contributed by atoms with Crippen LogP contribution in [0, 0.1) is 0 Å². The second kappa shape index (κ2) is 7.20. The summed E-state index contributed by atoms with van der Waals surface area (Å²) in [6.07, 6.45) is 0. The quantitative estimate of drug-likeness (QED) is 0.849. The van der Waals surface area contributed by atoms with Gasteiger partial charge in [0.2, 0.25) is 0 Å². The predicted octanol–water partition coefficient (Wildman–Crippen LogP) is 4.04. The Morgan fingerprint density at radius 1 is 1.40 bits per heavy atom. The molecule has 0 aliphatic heterocycles. The molecule has 2 rings (SSSR count). The molecule has 3 nitrogen and oxygen atoms in total. The Morgan fingerprint density at radius 2 is 2.20 bits per heavy atom. The number of thiazole rings is 1. The maximum Gasteiger partial charge on any atom is 0.0795 e. The maximum atomic E-state index is 4.33. The summed E-state index contributed by atoms with van der Waals surface area (Å²) in [7, 11) is 2.09. The van der Waals surface area contributed by atoms with Crippen molar-refractivity contribution in [2.24, 2.45) is 0 Å². The number of aromatic nitrogens is 1. The number of nitrogens with one attached hydrogen (secondary N) is 1. The monoisotopic (exact) mass is 353 g/mol. The molecule has 5 heteroatoms. The van der Waals surface area contributed by atoms with Crippen molar-refractivity contribution in [3.05, 3.63) is 44.8 Å². The van der Waals surface area contributed by atoms with Gasteiger partial charge in [-0.2, -0.15) is 0 Å². The van der Waals surface area contributed by atoms with Crippen LogP contribution < -0.4 is 10.2 Å². The first-order chi connectivity index (χ1) is 9.56. The lowest BCUT2D eigenvalue weighted by Crippen LogP contribution is -2.22. The molecule has 0 aliphatic rings. The van der Waals surface area contributed by atoms with Crippen LogP contribution in [0.4, 0.5) is 5.69 Å². The predicted molar refractivity (Wildman–Crippen MR) is 90.3 cm³/mol. The minimum atomic E-state index is 0.501. The van der Waals surface area contributed by atoms with Gasteiger partial charge in [-0.15, -0.1) is 11.3 Å². The summed E-state index contributed by atoms with van der Waals surface area (Å²) in [6, 6.07) is 7.02. The van der Waals surface area contributed by atoms with E-state index in [0.29, 0.717) is 6.04 Å². The smallest absolute Gasteiger partial charge is 0.0795 e. The SMILES string of the molecule is CC(C)NCc1ccc(N(C)Cc2cscn2)c(Br)c1. The fourth-order valence-corrected chi connectivity index (χ4v) is 3.21. The van der Waals surface area contributed by atoms with Crippen molar-refractivity contribution in [2.45, 2.75) is 33.0 Å². The molecule has 1 aromatic heterocycles. The third kappa shape index (κ3) is 4.30. The van der Waals surface area contributed by atoms with Gasteiger partial charge < -0.3 is 10.2 Å². The van der Waals surface area contributed by atoms with Crippen molar-refractivity contribution in [1.82, 2.24) is 10.3 Å². The molecule has 0 saturated heterocycles. The first-order valence-corrected chi connectivity index (χ1v) is 8.40. The van der Waals surface area contributed by atoms with Gasteiger partial charge in [0.25, 0.3) is 0 Å². The van der Waals surface area contributed by atoms with E-state index in [1.807, 2.05) is 5.51 Å². The second-order valence-corrected chi connectivity index (χ2v) is 6.73. The van der Waals surface area contributed by atoms with Crippen LogP contribution in [-0.4, -0.2) is 18.1 Å². The zero-order chi connectivity index (χ0) is 14.5. The number of hydrogen-bond donors (Lipinski definition) is 1. The van der Waals surface area contributed by atoms with Crippen molar-refractivity contribution in [2.75, 3.05) is 11.9 Å². The van der Waals surface area contributed by atoms with E-state index < -0.39 is 0 Å². The summed E-state index contributed by atoms with van der Waals surface area (Å²) in [5.74, 6) is 0. The van der Waals surface area contributed by atoms with Crippen LogP contribution in [0.5, 0.6) is 0 Å². The Hall–Kier alpha value is -0.910. The minimum absolute atomic E-state index is 0.501. The van der Waals surface area contributed by atoms with Gasteiger partial charge in [0.1, 0.15) is 0 Å². The molecule has 2 aromatic rings. The molecule has 0 atom stereocenters. The summed E-state index contributed by atoms with van der Waals surface area (Å²) < 4.78 is 1.12. The molecular weight excluding hydrogens is 334 g/mol. The van der Waals surface area contributed by atoms with Gasteiger partial charge in [-0.25, -0.2) is 4.98 Å². The van der Waals surface area contributed by atoms with Crippen molar-refractivity contribution in [3.63, 3.8) is 0 Å². The molecule has 108 valence electrons. The Morgan fingerprint density at radius 3 is 2.80 bits per heavy atom. The summed E-state index contributed by atoms with van der Waals surface area (Å²) in [5.41, 5.74) is 5.46. The molecule has 0 amide bonds. The summed E-state index contributed by atoms with van der Waals surface area (Å²) in [5, 5.41) is 5.52.